The van der Waals surface area contributed by atoms with Gasteiger partial charge in [-0.3, -0.25) is 4.40 Å². The minimum absolute atomic E-state index is 0.651. The molecule has 0 saturated heterocycles. The molecule has 98 valence electrons. The molecule has 0 fully saturated rings. The monoisotopic (exact) mass is 273 g/mol. The van der Waals surface area contributed by atoms with Gasteiger partial charge in [-0.05, 0) is 18.7 Å². The Labute approximate surface area is 115 Å². The predicted octanol–water partition coefficient (Wildman–Crippen LogP) is 2.57. The molecule has 2 aromatic heterocycles. The quantitative estimate of drug-likeness (QED) is 0.795. The SMILES string of the molecule is COc1cccc(-c2cn3c(CCN)csc3n2)c1. The van der Waals surface area contributed by atoms with Crippen molar-refractivity contribution in [3.63, 3.8) is 0 Å². The zero-order valence-electron chi connectivity index (χ0n) is 10.7. The van der Waals surface area contributed by atoms with Gasteiger partial charge in [-0.15, -0.1) is 11.3 Å². The van der Waals surface area contributed by atoms with Crippen LogP contribution in [0.5, 0.6) is 5.75 Å². The van der Waals surface area contributed by atoms with Gasteiger partial charge in [0.25, 0.3) is 0 Å². The summed E-state index contributed by atoms with van der Waals surface area (Å²) in [7, 11) is 1.67. The number of methoxy groups -OCH3 is 1. The highest BCUT2D eigenvalue weighted by Gasteiger charge is 2.09. The molecule has 0 aliphatic heterocycles. The van der Waals surface area contributed by atoms with Gasteiger partial charge in [0.1, 0.15) is 5.75 Å². The van der Waals surface area contributed by atoms with E-state index in [1.54, 1.807) is 18.4 Å². The van der Waals surface area contributed by atoms with Crippen molar-refractivity contribution >= 4 is 16.3 Å². The van der Waals surface area contributed by atoms with Crippen LogP contribution < -0.4 is 10.5 Å². The molecular weight excluding hydrogens is 258 g/mol. The molecule has 3 rings (SSSR count). The summed E-state index contributed by atoms with van der Waals surface area (Å²) in [6.07, 6.45) is 2.93. The van der Waals surface area contributed by atoms with Crippen molar-refractivity contribution in [2.45, 2.75) is 6.42 Å². The molecule has 0 saturated carbocycles. The maximum Gasteiger partial charge on any atom is 0.194 e. The van der Waals surface area contributed by atoms with Crippen LogP contribution in [-0.2, 0) is 6.42 Å². The van der Waals surface area contributed by atoms with E-state index in [0.717, 1.165) is 28.4 Å². The lowest BCUT2D eigenvalue weighted by molar-refractivity contribution is 0.415. The lowest BCUT2D eigenvalue weighted by atomic mass is 10.1. The van der Waals surface area contributed by atoms with Gasteiger partial charge in [0.05, 0.1) is 12.8 Å². The first kappa shape index (κ1) is 12.2. The molecule has 4 nitrogen and oxygen atoms in total. The van der Waals surface area contributed by atoms with Gasteiger partial charge in [0, 0.05) is 29.3 Å². The first-order valence-electron chi connectivity index (χ1n) is 6.12. The molecule has 2 N–H and O–H groups in total. The molecule has 0 spiro atoms. The van der Waals surface area contributed by atoms with Gasteiger partial charge in [-0.2, -0.15) is 0 Å². The molecule has 1 aromatic carbocycles. The number of thiazole rings is 1. The van der Waals surface area contributed by atoms with E-state index in [4.69, 9.17) is 10.5 Å². The third kappa shape index (κ3) is 2.22. The molecular formula is C14H15N3OS. The fraction of sp³-hybridized carbons (Fsp3) is 0.214. The number of hydrogen-bond donors (Lipinski definition) is 1. The number of nitrogens with two attached hydrogens (primary N) is 1. The van der Waals surface area contributed by atoms with Gasteiger partial charge < -0.3 is 10.5 Å². The fourth-order valence-electron chi connectivity index (χ4n) is 2.08. The average Bonchev–Trinajstić information content (AvgIpc) is 3.01. The number of ether oxygens (including phenoxy) is 1. The number of aromatic nitrogens is 2. The largest absolute Gasteiger partial charge is 0.497 e. The standard InChI is InChI=1S/C14H15N3OS/c1-18-12-4-2-3-10(7-12)13-8-17-11(5-6-15)9-19-14(17)16-13/h2-4,7-9H,5-6,15H2,1H3. The molecule has 0 atom stereocenters. The molecule has 0 aliphatic rings. The zero-order valence-corrected chi connectivity index (χ0v) is 11.5. The molecule has 0 unspecified atom stereocenters. The van der Waals surface area contributed by atoms with Crippen molar-refractivity contribution in [3.05, 3.63) is 41.5 Å². The van der Waals surface area contributed by atoms with Crippen LogP contribution in [-0.4, -0.2) is 23.0 Å². The Morgan fingerprint density at radius 3 is 3.11 bits per heavy atom. The second kappa shape index (κ2) is 5.03. The van der Waals surface area contributed by atoms with Crippen LogP contribution in [0.25, 0.3) is 16.2 Å². The van der Waals surface area contributed by atoms with E-state index >= 15 is 0 Å². The lowest BCUT2D eigenvalue weighted by Crippen LogP contribution is -2.04. The summed E-state index contributed by atoms with van der Waals surface area (Å²) in [6, 6.07) is 7.94. The van der Waals surface area contributed by atoms with Crippen molar-refractivity contribution in [2.75, 3.05) is 13.7 Å². The minimum Gasteiger partial charge on any atom is -0.497 e. The second-order valence-corrected chi connectivity index (χ2v) is 5.11. The Kier molecular flexibility index (Phi) is 3.23. The van der Waals surface area contributed by atoms with Crippen LogP contribution in [0.15, 0.2) is 35.8 Å². The molecule has 5 heteroatoms. The molecule has 2 heterocycles. The number of rotatable bonds is 4. The van der Waals surface area contributed by atoms with Crippen LogP contribution in [0.1, 0.15) is 5.69 Å². The van der Waals surface area contributed by atoms with Gasteiger partial charge in [0.15, 0.2) is 4.96 Å². The van der Waals surface area contributed by atoms with Crippen molar-refractivity contribution in [1.82, 2.24) is 9.38 Å². The number of nitrogens with zero attached hydrogens (tertiary/aromatic N) is 2. The van der Waals surface area contributed by atoms with Crippen LogP contribution >= 0.6 is 11.3 Å². The third-order valence-corrected chi connectivity index (χ3v) is 3.94. The van der Waals surface area contributed by atoms with E-state index < -0.39 is 0 Å². The first-order chi connectivity index (χ1) is 9.31. The number of hydrogen-bond acceptors (Lipinski definition) is 4. The Morgan fingerprint density at radius 2 is 2.32 bits per heavy atom. The van der Waals surface area contributed by atoms with Crippen LogP contribution in [0.2, 0.25) is 0 Å². The average molecular weight is 273 g/mol. The van der Waals surface area contributed by atoms with Gasteiger partial charge in [0.2, 0.25) is 0 Å². The lowest BCUT2D eigenvalue weighted by Gasteiger charge is -2.01. The number of imidazole rings is 1. The van der Waals surface area contributed by atoms with Crippen LogP contribution in [0, 0.1) is 0 Å². The molecule has 0 radical (unpaired) electrons. The van der Waals surface area contributed by atoms with Crippen LogP contribution in [0.3, 0.4) is 0 Å². The summed E-state index contributed by atoms with van der Waals surface area (Å²) in [5.74, 6) is 0.844. The summed E-state index contributed by atoms with van der Waals surface area (Å²) in [5.41, 5.74) is 8.86. The Bertz CT molecular complexity index is 702. The maximum absolute atomic E-state index is 5.62. The van der Waals surface area contributed by atoms with E-state index in [1.165, 1.54) is 5.69 Å². The predicted molar refractivity (Wildman–Crippen MR) is 77.8 cm³/mol. The fourth-order valence-corrected chi connectivity index (χ4v) is 2.99. The van der Waals surface area contributed by atoms with Gasteiger partial charge in [-0.25, -0.2) is 4.98 Å². The van der Waals surface area contributed by atoms with E-state index in [1.807, 2.05) is 24.3 Å². The van der Waals surface area contributed by atoms with Gasteiger partial charge in [-0.1, -0.05) is 12.1 Å². The molecule has 3 aromatic rings. The smallest absolute Gasteiger partial charge is 0.194 e. The summed E-state index contributed by atoms with van der Waals surface area (Å²) >= 11 is 1.64. The minimum atomic E-state index is 0.651. The highest BCUT2D eigenvalue weighted by Crippen LogP contribution is 2.26. The number of fused-ring (bicyclic) bond motifs is 1. The van der Waals surface area contributed by atoms with Crippen molar-refractivity contribution in [3.8, 4) is 17.0 Å². The van der Waals surface area contributed by atoms with Crippen LogP contribution in [0.4, 0.5) is 0 Å². The summed E-state index contributed by atoms with van der Waals surface area (Å²) in [4.78, 5) is 5.65. The first-order valence-corrected chi connectivity index (χ1v) is 6.99. The third-order valence-electron chi connectivity index (χ3n) is 3.05. The molecule has 0 aliphatic carbocycles. The van der Waals surface area contributed by atoms with E-state index in [2.05, 4.69) is 21.0 Å². The Morgan fingerprint density at radius 1 is 1.42 bits per heavy atom. The Balaban J connectivity index is 2.04. The van der Waals surface area contributed by atoms with Gasteiger partial charge >= 0.3 is 0 Å². The molecule has 19 heavy (non-hydrogen) atoms. The zero-order chi connectivity index (χ0) is 13.2. The van der Waals surface area contributed by atoms with Crippen molar-refractivity contribution < 1.29 is 4.74 Å². The van der Waals surface area contributed by atoms with Crippen molar-refractivity contribution in [1.29, 1.82) is 0 Å². The Hall–Kier alpha value is -1.85. The number of benzene rings is 1. The van der Waals surface area contributed by atoms with E-state index in [9.17, 15) is 0 Å². The summed E-state index contributed by atoms with van der Waals surface area (Å²) < 4.78 is 7.36. The second-order valence-electron chi connectivity index (χ2n) is 4.28. The van der Waals surface area contributed by atoms with E-state index in [-0.39, 0.29) is 0 Å². The summed E-state index contributed by atoms with van der Waals surface area (Å²) in [6.45, 7) is 0.651. The highest BCUT2D eigenvalue weighted by atomic mass is 32.1. The van der Waals surface area contributed by atoms with E-state index in [0.29, 0.717) is 6.54 Å². The summed E-state index contributed by atoms with van der Waals surface area (Å²) in [5, 5.41) is 2.12. The normalized spacial score (nSPS) is 11.1. The molecule has 0 bridgehead atoms. The molecule has 0 amide bonds. The maximum atomic E-state index is 5.62. The van der Waals surface area contributed by atoms with Crippen molar-refractivity contribution in [2.24, 2.45) is 5.73 Å². The highest BCUT2D eigenvalue weighted by molar-refractivity contribution is 7.15. The topological polar surface area (TPSA) is 52.5 Å².